The van der Waals surface area contributed by atoms with Crippen LogP contribution in [0.15, 0.2) is 124 Å². The second-order valence-electron chi connectivity index (χ2n) is 12.1. The van der Waals surface area contributed by atoms with Gasteiger partial charge in [-0.1, -0.05) is 92.7 Å². The van der Waals surface area contributed by atoms with E-state index in [1.165, 1.54) is 6.08 Å². The smallest absolute Gasteiger partial charge is 0.336 e. The van der Waals surface area contributed by atoms with E-state index in [1.807, 2.05) is 48.5 Å². The molecule has 244 valence electrons. The molecule has 2 aliphatic heterocycles. The quantitative estimate of drug-likeness (QED) is 0.158. The van der Waals surface area contributed by atoms with Crippen molar-refractivity contribution >= 4 is 25.3 Å². The van der Waals surface area contributed by atoms with E-state index >= 15 is 0 Å². The Morgan fingerprint density at radius 3 is 1.35 bits per heavy atom. The first-order valence-corrected chi connectivity index (χ1v) is 19.0. The van der Waals surface area contributed by atoms with Gasteiger partial charge in [-0.15, -0.1) is 6.58 Å². The van der Waals surface area contributed by atoms with Crippen LogP contribution in [0, 0.1) is 0 Å². The highest BCUT2D eigenvalue weighted by molar-refractivity contribution is 7.68. The Bertz CT molecular complexity index is 2240. The topological polar surface area (TPSA) is 119 Å². The summed E-state index contributed by atoms with van der Waals surface area (Å²) in [5.74, 6) is 0.890. The van der Waals surface area contributed by atoms with Crippen LogP contribution in [0.1, 0.15) is 13.8 Å². The van der Waals surface area contributed by atoms with E-state index in [9.17, 15) is 23.5 Å². The van der Waals surface area contributed by atoms with Crippen molar-refractivity contribution in [1.82, 2.24) is 13.7 Å². The highest BCUT2D eigenvalue weighted by Gasteiger charge is 2.43. The summed E-state index contributed by atoms with van der Waals surface area (Å²) in [7, 11) is -7.39. The maximum absolute atomic E-state index is 14.8. The number of rotatable bonds is 8. The molecule has 4 unspecified atom stereocenters. The van der Waals surface area contributed by atoms with Gasteiger partial charge in [-0.25, -0.2) is 28.1 Å². The molecule has 0 saturated heterocycles. The Morgan fingerprint density at radius 2 is 0.938 bits per heavy atom. The van der Waals surface area contributed by atoms with Crippen LogP contribution in [0.25, 0.3) is 22.3 Å². The fourth-order valence-electron chi connectivity index (χ4n) is 6.55. The van der Waals surface area contributed by atoms with E-state index in [0.717, 1.165) is 36.0 Å². The number of para-hydroxylation sites is 2. The first-order valence-electron chi connectivity index (χ1n) is 15.6. The molecular formula is C36H33N3O7P2. The lowest BCUT2D eigenvalue weighted by Gasteiger charge is -2.33. The van der Waals surface area contributed by atoms with E-state index in [4.69, 9.17) is 9.05 Å². The molecule has 48 heavy (non-hydrogen) atoms. The average molecular weight is 682 g/mol. The zero-order valence-electron chi connectivity index (χ0n) is 26.4. The number of aromatic nitrogens is 3. The lowest BCUT2D eigenvalue weighted by molar-refractivity contribution is 0.426. The Hall–Kier alpha value is -4.91. The molecule has 0 bridgehead atoms. The number of nitrogens with zero attached hydrogens (tertiary/aromatic N) is 3. The molecule has 1 aromatic heterocycles. The zero-order chi connectivity index (χ0) is 33.8. The van der Waals surface area contributed by atoms with Gasteiger partial charge in [0.1, 0.15) is 11.5 Å². The van der Waals surface area contributed by atoms with Crippen molar-refractivity contribution in [3.63, 3.8) is 0 Å². The van der Waals surface area contributed by atoms with E-state index in [1.54, 1.807) is 62.4 Å². The van der Waals surface area contributed by atoms with Gasteiger partial charge in [0.25, 0.3) is 14.7 Å². The van der Waals surface area contributed by atoms with Gasteiger partial charge in [-0.05, 0) is 35.4 Å². The number of benzene rings is 4. The third-order valence-electron chi connectivity index (χ3n) is 9.05. The molecule has 0 amide bonds. The highest BCUT2D eigenvalue weighted by Crippen LogP contribution is 2.59. The standard InChI is InChI=1S/C36H33N3O7P2/c1-4-21-37-34(40)38(22-24(2)47(43)32-19-11-7-15-28(32)26-13-5-9-17-30(26)45-47)36(42)39(35(37)41)23-25(3)48(44)33-20-12-8-16-29(33)27-14-6-10-18-31(27)46-48/h4-20,24-25H,1,21-23H2,2-3H3. The number of hydrogen-bond acceptors (Lipinski definition) is 7. The molecule has 5 aromatic rings. The Balaban J connectivity index is 1.30. The molecule has 4 atom stereocenters. The molecule has 3 heterocycles. The minimum atomic E-state index is -3.70. The predicted molar refractivity (Wildman–Crippen MR) is 188 cm³/mol. The van der Waals surface area contributed by atoms with Crippen LogP contribution in [0.5, 0.6) is 11.5 Å². The maximum atomic E-state index is 14.8. The predicted octanol–water partition coefficient (Wildman–Crippen LogP) is 5.46. The van der Waals surface area contributed by atoms with Crippen LogP contribution in [-0.4, -0.2) is 25.0 Å². The van der Waals surface area contributed by atoms with E-state index < -0.39 is 43.1 Å². The van der Waals surface area contributed by atoms with Crippen molar-refractivity contribution in [1.29, 1.82) is 0 Å². The van der Waals surface area contributed by atoms with Gasteiger partial charge >= 0.3 is 17.1 Å². The largest absolute Gasteiger partial charge is 0.439 e. The average Bonchev–Trinajstić information content (AvgIpc) is 3.10. The van der Waals surface area contributed by atoms with E-state index in [-0.39, 0.29) is 19.6 Å². The van der Waals surface area contributed by atoms with Crippen LogP contribution in [0.3, 0.4) is 0 Å². The minimum Gasteiger partial charge on any atom is -0.439 e. The Labute approximate surface area is 276 Å². The molecule has 2 aliphatic rings. The Morgan fingerprint density at radius 1 is 0.583 bits per heavy atom. The van der Waals surface area contributed by atoms with Crippen LogP contribution in [0.4, 0.5) is 0 Å². The van der Waals surface area contributed by atoms with Gasteiger partial charge in [0, 0.05) is 24.2 Å². The lowest BCUT2D eigenvalue weighted by Crippen LogP contribution is -2.56. The maximum Gasteiger partial charge on any atom is 0.336 e. The number of allylic oxidation sites excluding steroid dienone is 1. The third-order valence-corrected chi connectivity index (χ3v) is 14.8. The first kappa shape index (κ1) is 31.7. The molecule has 12 heteroatoms. The van der Waals surface area contributed by atoms with Gasteiger partial charge in [0.2, 0.25) is 0 Å². The normalized spacial score (nSPS) is 20.1. The second-order valence-corrected chi connectivity index (χ2v) is 17.5. The van der Waals surface area contributed by atoms with Crippen LogP contribution >= 0.6 is 14.7 Å². The van der Waals surface area contributed by atoms with Crippen molar-refractivity contribution in [2.24, 2.45) is 0 Å². The summed E-state index contributed by atoms with van der Waals surface area (Å²) < 4.78 is 44.7. The summed E-state index contributed by atoms with van der Waals surface area (Å²) in [6.45, 7) is 6.22. The van der Waals surface area contributed by atoms with Gasteiger partial charge in [-0.3, -0.25) is 9.13 Å². The molecule has 0 N–H and O–H groups in total. The molecular weight excluding hydrogens is 648 g/mol. The Kier molecular flexibility index (Phi) is 7.89. The van der Waals surface area contributed by atoms with Crippen molar-refractivity contribution in [2.75, 3.05) is 0 Å². The van der Waals surface area contributed by atoms with Crippen molar-refractivity contribution in [3.8, 4) is 33.8 Å². The summed E-state index contributed by atoms with van der Waals surface area (Å²) in [6.07, 6.45) is 1.38. The van der Waals surface area contributed by atoms with Crippen LogP contribution in [0.2, 0.25) is 0 Å². The molecule has 0 fully saturated rings. The van der Waals surface area contributed by atoms with Crippen molar-refractivity contribution < 1.29 is 18.2 Å². The summed E-state index contributed by atoms with van der Waals surface area (Å²) in [4.78, 5) is 41.6. The second kappa shape index (κ2) is 12.0. The molecule has 0 radical (unpaired) electrons. The van der Waals surface area contributed by atoms with Crippen LogP contribution < -0.4 is 36.7 Å². The fraction of sp³-hybridized carbons (Fsp3) is 0.194. The van der Waals surface area contributed by atoms with E-state index in [0.29, 0.717) is 22.1 Å². The number of fused-ring (bicyclic) bond motifs is 6. The molecule has 0 aliphatic carbocycles. The zero-order valence-corrected chi connectivity index (χ0v) is 28.2. The molecule has 0 spiro atoms. The minimum absolute atomic E-state index is 0.171. The molecule has 10 nitrogen and oxygen atoms in total. The number of hydrogen-bond donors (Lipinski definition) is 0. The third kappa shape index (κ3) is 4.90. The highest BCUT2D eigenvalue weighted by atomic mass is 31.2. The van der Waals surface area contributed by atoms with Gasteiger partial charge < -0.3 is 9.05 Å². The summed E-state index contributed by atoms with van der Waals surface area (Å²) in [5, 5.41) is 0.980. The molecule has 0 saturated carbocycles. The molecule has 4 aromatic carbocycles. The lowest BCUT2D eigenvalue weighted by atomic mass is 10.0. The van der Waals surface area contributed by atoms with Crippen LogP contribution in [-0.2, 0) is 28.8 Å². The summed E-state index contributed by atoms with van der Waals surface area (Å²) >= 11 is 0. The van der Waals surface area contributed by atoms with Gasteiger partial charge in [0.15, 0.2) is 0 Å². The summed E-state index contributed by atoms with van der Waals surface area (Å²) in [6, 6.07) is 29.0. The monoisotopic (exact) mass is 681 g/mol. The van der Waals surface area contributed by atoms with Gasteiger partial charge in [0.05, 0.1) is 28.5 Å². The molecule has 7 rings (SSSR count). The van der Waals surface area contributed by atoms with Crippen molar-refractivity contribution in [2.45, 2.75) is 44.8 Å². The van der Waals surface area contributed by atoms with Gasteiger partial charge in [-0.2, -0.15) is 0 Å². The first-order chi connectivity index (χ1) is 23.1. The van der Waals surface area contributed by atoms with Crippen molar-refractivity contribution in [3.05, 3.63) is 141 Å². The fourth-order valence-corrected chi connectivity index (χ4v) is 11.4. The SMILES string of the molecule is C=CCn1c(=O)n(CC(C)P2(=O)Oc3ccccc3-c3ccccc32)c(=O)n(CC(C)P2(=O)Oc3ccccc3-c3ccccc32)c1=O. The van der Waals surface area contributed by atoms with E-state index in [2.05, 4.69) is 6.58 Å². The summed E-state index contributed by atoms with van der Waals surface area (Å²) in [5.41, 5.74) is -1.22.